The van der Waals surface area contributed by atoms with Crippen molar-refractivity contribution in [2.75, 3.05) is 0 Å². The molecule has 0 saturated carbocycles. The smallest absolute Gasteiger partial charge is 0.0352 e. The molecule has 0 nitrogen and oxygen atoms in total. The molecule has 0 aliphatic heterocycles. The molecule has 0 amide bonds. The molecule has 74 valence electrons. The van der Waals surface area contributed by atoms with Crippen molar-refractivity contribution in [2.45, 2.75) is 12.8 Å². The summed E-state index contributed by atoms with van der Waals surface area (Å²) in [5, 5.41) is 1.39. The van der Waals surface area contributed by atoms with E-state index in [0.717, 1.165) is 12.8 Å². The minimum atomic E-state index is 1.05. The third kappa shape index (κ3) is 1.53. The standard InChI is InChI=1S/C14H12S/c1-3-7-11-12-8-4-2-6-10-14(12)15-13(11)9-5-1/h1,3-4,6-10H,2,5H2. The first-order chi connectivity index (χ1) is 7.45. The highest BCUT2D eigenvalue weighted by molar-refractivity contribution is 7.11. The second kappa shape index (κ2) is 3.67. The lowest BCUT2D eigenvalue weighted by Crippen LogP contribution is -2.19. The van der Waals surface area contributed by atoms with Gasteiger partial charge in [0.15, 0.2) is 0 Å². The Kier molecular flexibility index (Phi) is 2.18. The molecule has 0 spiro atoms. The fourth-order valence-corrected chi connectivity index (χ4v) is 3.13. The van der Waals surface area contributed by atoms with Crippen molar-refractivity contribution in [3.63, 3.8) is 0 Å². The molecule has 1 aromatic rings. The van der Waals surface area contributed by atoms with Crippen LogP contribution in [0.1, 0.15) is 23.3 Å². The van der Waals surface area contributed by atoms with E-state index < -0.39 is 0 Å². The number of thiophene rings is 1. The minimum Gasteiger partial charge on any atom is -0.136 e. The molecule has 0 aromatic carbocycles. The molecule has 0 unspecified atom stereocenters. The van der Waals surface area contributed by atoms with Gasteiger partial charge >= 0.3 is 0 Å². The summed E-state index contributed by atoms with van der Waals surface area (Å²) in [5.41, 5.74) is 1.39. The first kappa shape index (κ1) is 8.93. The Morgan fingerprint density at radius 3 is 2.93 bits per heavy atom. The highest BCUT2D eigenvalue weighted by atomic mass is 32.1. The van der Waals surface area contributed by atoms with E-state index in [1.54, 1.807) is 0 Å². The van der Waals surface area contributed by atoms with Gasteiger partial charge in [0.2, 0.25) is 0 Å². The Labute approximate surface area is 93.3 Å². The Hall–Kier alpha value is -1.34. The summed E-state index contributed by atoms with van der Waals surface area (Å²) in [5.74, 6) is 0. The molecule has 1 heteroatoms. The van der Waals surface area contributed by atoms with E-state index >= 15 is 0 Å². The molecule has 0 fully saturated rings. The molecule has 0 atom stereocenters. The normalized spacial score (nSPS) is 17.1. The maximum atomic E-state index is 2.32. The molecule has 1 heterocycles. The fraction of sp³-hybridized carbons (Fsp3) is 0.143. The van der Waals surface area contributed by atoms with Crippen molar-refractivity contribution in [3.8, 4) is 0 Å². The maximum Gasteiger partial charge on any atom is 0.0352 e. The van der Waals surface area contributed by atoms with Gasteiger partial charge in [-0.3, -0.25) is 0 Å². The van der Waals surface area contributed by atoms with Gasteiger partial charge in [-0.05, 0) is 29.7 Å². The molecule has 3 rings (SSSR count). The molecule has 2 aliphatic rings. The Morgan fingerprint density at radius 1 is 1.00 bits per heavy atom. The SMILES string of the molecule is C1=CCC=c2sc3c(c2=C1)C=CCC=C3. The lowest BCUT2D eigenvalue weighted by molar-refractivity contribution is 1.44. The highest BCUT2D eigenvalue weighted by Gasteiger charge is 2.05. The average Bonchev–Trinajstić information content (AvgIpc) is 2.51. The molecule has 0 N–H and O–H groups in total. The highest BCUT2D eigenvalue weighted by Crippen LogP contribution is 2.17. The number of allylic oxidation sites excluding steroid dienone is 4. The Balaban J connectivity index is 2.40. The average molecular weight is 212 g/mol. The van der Waals surface area contributed by atoms with Crippen molar-refractivity contribution in [3.05, 3.63) is 44.5 Å². The zero-order valence-corrected chi connectivity index (χ0v) is 9.26. The zero-order valence-electron chi connectivity index (χ0n) is 8.44. The fourth-order valence-electron chi connectivity index (χ4n) is 1.97. The largest absolute Gasteiger partial charge is 0.136 e. The van der Waals surface area contributed by atoms with E-state index in [1.807, 2.05) is 11.3 Å². The summed E-state index contributed by atoms with van der Waals surface area (Å²) in [7, 11) is 0. The Bertz CT molecular complexity index is 580. The minimum absolute atomic E-state index is 1.05. The van der Waals surface area contributed by atoms with Crippen LogP contribution in [0.15, 0.2) is 24.3 Å². The van der Waals surface area contributed by atoms with Gasteiger partial charge in [0.05, 0.1) is 0 Å². The van der Waals surface area contributed by atoms with Crippen LogP contribution in [0.4, 0.5) is 0 Å². The third-order valence-electron chi connectivity index (χ3n) is 2.71. The van der Waals surface area contributed by atoms with Crippen molar-refractivity contribution in [2.24, 2.45) is 0 Å². The molecular formula is C14H12S. The van der Waals surface area contributed by atoms with Gasteiger partial charge in [0, 0.05) is 9.41 Å². The van der Waals surface area contributed by atoms with Crippen LogP contribution in [0.3, 0.4) is 0 Å². The number of hydrogen-bond donors (Lipinski definition) is 0. The lowest BCUT2D eigenvalue weighted by Gasteiger charge is -1.88. The second-order valence-corrected chi connectivity index (χ2v) is 4.82. The maximum absolute atomic E-state index is 2.32. The van der Waals surface area contributed by atoms with Crippen LogP contribution in [-0.4, -0.2) is 0 Å². The van der Waals surface area contributed by atoms with Crippen LogP contribution in [-0.2, 0) is 0 Å². The van der Waals surface area contributed by atoms with Crippen LogP contribution in [0.25, 0.3) is 24.3 Å². The third-order valence-corrected chi connectivity index (χ3v) is 3.89. The van der Waals surface area contributed by atoms with Gasteiger partial charge in [-0.15, -0.1) is 11.3 Å². The monoisotopic (exact) mass is 212 g/mol. The van der Waals surface area contributed by atoms with Crippen LogP contribution in [0, 0.1) is 0 Å². The van der Waals surface area contributed by atoms with E-state index in [9.17, 15) is 0 Å². The molecular weight excluding hydrogens is 200 g/mol. The van der Waals surface area contributed by atoms with Crippen LogP contribution in [0.5, 0.6) is 0 Å². The van der Waals surface area contributed by atoms with Gasteiger partial charge in [-0.1, -0.05) is 42.5 Å². The summed E-state index contributed by atoms with van der Waals surface area (Å²) in [6.45, 7) is 0. The zero-order chi connectivity index (χ0) is 10.1. The summed E-state index contributed by atoms with van der Waals surface area (Å²) in [6.07, 6.45) is 20.0. The van der Waals surface area contributed by atoms with Gasteiger partial charge in [0.25, 0.3) is 0 Å². The van der Waals surface area contributed by atoms with E-state index in [2.05, 4.69) is 48.6 Å². The van der Waals surface area contributed by atoms with Crippen LogP contribution >= 0.6 is 11.3 Å². The van der Waals surface area contributed by atoms with Gasteiger partial charge in [-0.25, -0.2) is 0 Å². The molecule has 0 saturated heterocycles. The first-order valence-electron chi connectivity index (χ1n) is 5.28. The molecule has 2 aliphatic carbocycles. The van der Waals surface area contributed by atoms with Crippen LogP contribution < -0.4 is 9.75 Å². The lowest BCUT2D eigenvalue weighted by atomic mass is 10.2. The second-order valence-electron chi connectivity index (χ2n) is 3.73. The van der Waals surface area contributed by atoms with E-state index in [4.69, 9.17) is 0 Å². The van der Waals surface area contributed by atoms with Crippen molar-refractivity contribution in [1.29, 1.82) is 0 Å². The predicted molar refractivity (Wildman–Crippen MR) is 68.9 cm³/mol. The van der Waals surface area contributed by atoms with E-state index in [1.165, 1.54) is 20.2 Å². The molecule has 0 bridgehead atoms. The van der Waals surface area contributed by atoms with Crippen molar-refractivity contribution in [1.82, 2.24) is 0 Å². The molecule has 15 heavy (non-hydrogen) atoms. The summed E-state index contributed by atoms with van der Waals surface area (Å²) in [4.78, 5) is 1.40. The van der Waals surface area contributed by atoms with Gasteiger partial charge in [0.1, 0.15) is 0 Å². The van der Waals surface area contributed by atoms with Gasteiger partial charge in [-0.2, -0.15) is 0 Å². The molecule has 0 radical (unpaired) electrons. The summed E-state index contributed by atoms with van der Waals surface area (Å²) >= 11 is 1.90. The topological polar surface area (TPSA) is 0 Å². The van der Waals surface area contributed by atoms with Crippen molar-refractivity contribution >= 4 is 35.6 Å². The Morgan fingerprint density at radius 2 is 1.93 bits per heavy atom. The quantitative estimate of drug-likeness (QED) is 0.620. The van der Waals surface area contributed by atoms with Gasteiger partial charge < -0.3 is 0 Å². The molecule has 1 aromatic heterocycles. The van der Waals surface area contributed by atoms with E-state index in [0.29, 0.717) is 0 Å². The van der Waals surface area contributed by atoms with Crippen LogP contribution in [0.2, 0.25) is 0 Å². The number of rotatable bonds is 0. The van der Waals surface area contributed by atoms with E-state index in [-0.39, 0.29) is 0 Å². The number of fused-ring (bicyclic) bond motifs is 3. The number of hydrogen-bond acceptors (Lipinski definition) is 1. The summed E-state index contributed by atoms with van der Waals surface area (Å²) in [6, 6.07) is 0. The predicted octanol–water partition coefficient (Wildman–Crippen LogP) is 2.70. The summed E-state index contributed by atoms with van der Waals surface area (Å²) < 4.78 is 1.42. The van der Waals surface area contributed by atoms with Crippen molar-refractivity contribution < 1.29 is 0 Å². The first-order valence-corrected chi connectivity index (χ1v) is 6.10.